The Labute approximate surface area is 120 Å². The Kier molecular flexibility index (Phi) is 4.86. The van der Waals surface area contributed by atoms with Crippen LogP contribution in [0.2, 0.25) is 0 Å². The molecule has 0 fully saturated rings. The van der Waals surface area contributed by atoms with Gasteiger partial charge in [0.2, 0.25) is 11.0 Å². The van der Waals surface area contributed by atoms with Gasteiger partial charge >= 0.3 is 0 Å². The third-order valence-electron chi connectivity index (χ3n) is 2.52. The first kappa shape index (κ1) is 14.0. The molecule has 0 N–H and O–H groups in total. The van der Waals surface area contributed by atoms with Gasteiger partial charge in [0.05, 0.1) is 0 Å². The summed E-state index contributed by atoms with van der Waals surface area (Å²) in [4.78, 5) is 17.4. The number of hydrogen-bond donors (Lipinski definition) is 0. The number of hydrogen-bond acceptors (Lipinski definition) is 6. The Morgan fingerprint density at radius 2 is 2.11 bits per heavy atom. The highest BCUT2D eigenvalue weighted by Crippen LogP contribution is 2.27. The minimum Gasteiger partial charge on any atom is -0.290 e. The quantitative estimate of drug-likeness (QED) is 0.847. The summed E-state index contributed by atoms with van der Waals surface area (Å²) in [5, 5.41) is 9.60. The number of nitrogens with zero attached hydrogens (tertiary/aromatic N) is 4. The second-order valence-corrected chi connectivity index (χ2v) is 5.76. The lowest BCUT2D eigenvalue weighted by Crippen LogP contribution is -2.26. The van der Waals surface area contributed by atoms with Gasteiger partial charge in [-0.2, -0.15) is 11.8 Å². The van der Waals surface area contributed by atoms with E-state index < -0.39 is 0 Å². The molecule has 0 saturated heterocycles. The van der Waals surface area contributed by atoms with E-state index >= 15 is 0 Å². The Hall–Kier alpha value is -1.47. The van der Waals surface area contributed by atoms with Crippen LogP contribution in [-0.2, 0) is 4.79 Å². The van der Waals surface area contributed by atoms with Crippen molar-refractivity contribution in [3.05, 3.63) is 24.5 Å². The van der Waals surface area contributed by atoms with Crippen molar-refractivity contribution >= 4 is 34.1 Å². The van der Waals surface area contributed by atoms with Crippen molar-refractivity contribution in [3.8, 4) is 10.6 Å². The number of anilines is 1. The molecular weight excluding hydrogens is 280 g/mol. The molecular formula is C12H14N4OS2. The largest absolute Gasteiger partial charge is 0.290 e. The summed E-state index contributed by atoms with van der Waals surface area (Å²) in [6.45, 7) is 0. The highest BCUT2D eigenvalue weighted by molar-refractivity contribution is 7.98. The lowest BCUT2D eigenvalue weighted by Gasteiger charge is -2.12. The van der Waals surface area contributed by atoms with Crippen molar-refractivity contribution < 1.29 is 4.79 Å². The SMILES string of the molecule is CSCCC(=O)N(C)c1nnc(-c2ccncc2)s1. The third kappa shape index (κ3) is 3.51. The molecule has 7 heteroatoms. The minimum absolute atomic E-state index is 0.0618. The summed E-state index contributed by atoms with van der Waals surface area (Å²) in [7, 11) is 1.74. The number of rotatable bonds is 5. The van der Waals surface area contributed by atoms with Crippen LogP contribution in [0.15, 0.2) is 24.5 Å². The molecule has 0 radical (unpaired) electrons. The van der Waals surface area contributed by atoms with E-state index in [1.165, 1.54) is 11.3 Å². The average molecular weight is 294 g/mol. The maximum absolute atomic E-state index is 11.9. The summed E-state index contributed by atoms with van der Waals surface area (Å²) in [6, 6.07) is 3.75. The topological polar surface area (TPSA) is 59.0 Å². The predicted molar refractivity (Wildman–Crippen MR) is 79.5 cm³/mol. The van der Waals surface area contributed by atoms with Crippen molar-refractivity contribution in [2.75, 3.05) is 24.0 Å². The van der Waals surface area contributed by atoms with Crippen LogP contribution in [0.1, 0.15) is 6.42 Å². The van der Waals surface area contributed by atoms with Crippen LogP contribution in [0, 0.1) is 0 Å². The summed E-state index contributed by atoms with van der Waals surface area (Å²) in [5.74, 6) is 0.880. The zero-order valence-corrected chi connectivity index (χ0v) is 12.4. The molecule has 0 aliphatic carbocycles. The molecule has 5 nitrogen and oxygen atoms in total. The first-order valence-electron chi connectivity index (χ1n) is 5.71. The first-order valence-corrected chi connectivity index (χ1v) is 7.93. The molecule has 19 heavy (non-hydrogen) atoms. The standard InChI is InChI=1S/C12H14N4OS2/c1-16(10(17)5-8-18-2)12-15-14-11(19-12)9-3-6-13-7-4-9/h3-4,6-7H,5,8H2,1-2H3. The summed E-state index contributed by atoms with van der Waals surface area (Å²) in [6.07, 6.45) is 5.93. The van der Waals surface area contributed by atoms with Crippen molar-refractivity contribution in [2.45, 2.75) is 6.42 Å². The van der Waals surface area contributed by atoms with Crippen molar-refractivity contribution in [1.82, 2.24) is 15.2 Å². The molecule has 1 amide bonds. The zero-order valence-electron chi connectivity index (χ0n) is 10.7. The molecule has 0 atom stereocenters. The fourth-order valence-electron chi connectivity index (χ4n) is 1.43. The molecule has 0 saturated carbocycles. The van der Waals surface area contributed by atoms with Gasteiger partial charge in [-0.25, -0.2) is 0 Å². The molecule has 0 bridgehead atoms. The minimum atomic E-state index is 0.0618. The van der Waals surface area contributed by atoms with Gasteiger partial charge in [-0.15, -0.1) is 10.2 Å². The lowest BCUT2D eigenvalue weighted by molar-refractivity contribution is -0.117. The number of thioether (sulfide) groups is 1. The van der Waals surface area contributed by atoms with Gasteiger partial charge in [-0.3, -0.25) is 14.7 Å². The molecule has 0 spiro atoms. The van der Waals surface area contributed by atoms with Crippen LogP contribution in [0.25, 0.3) is 10.6 Å². The Morgan fingerprint density at radius 3 is 2.79 bits per heavy atom. The van der Waals surface area contributed by atoms with Gasteiger partial charge in [0.15, 0.2) is 0 Å². The van der Waals surface area contributed by atoms with Gasteiger partial charge in [0.25, 0.3) is 0 Å². The molecule has 0 unspecified atom stereocenters. The van der Waals surface area contributed by atoms with Crippen LogP contribution in [-0.4, -0.2) is 40.1 Å². The molecule has 100 valence electrons. The number of amides is 1. The van der Waals surface area contributed by atoms with Crippen molar-refractivity contribution in [2.24, 2.45) is 0 Å². The summed E-state index contributed by atoms with van der Waals surface area (Å²) in [5.41, 5.74) is 0.962. The van der Waals surface area contributed by atoms with E-state index in [1.807, 2.05) is 18.4 Å². The van der Waals surface area contributed by atoms with Gasteiger partial charge in [-0.1, -0.05) is 11.3 Å². The van der Waals surface area contributed by atoms with Crippen LogP contribution < -0.4 is 4.90 Å². The van der Waals surface area contributed by atoms with Gasteiger partial charge in [0, 0.05) is 37.2 Å². The predicted octanol–water partition coefficient (Wildman–Crippen LogP) is 2.32. The van der Waals surface area contributed by atoms with Gasteiger partial charge < -0.3 is 0 Å². The Bertz CT molecular complexity index is 544. The van der Waals surface area contributed by atoms with Gasteiger partial charge in [-0.05, 0) is 18.4 Å². The highest BCUT2D eigenvalue weighted by Gasteiger charge is 2.15. The summed E-state index contributed by atoms with van der Waals surface area (Å²) >= 11 is 3.06. The zero-order chi connectivity index (χ0) is 13.7. The van der Waals surface area contributed by atoms with Crippen LogP contribution in [0.4, 0.5) is 5.13 Å². The first-order chi connectivity index (χ1) is 9.22. The molecule has 0 aliphatic heterocycles. The molecule has 2 heterocycles. The number of aromatic nitrogens is 3. The number of carbonyl (C=O) groups excluding carboxylic acids is 1. The second kappa shape index (κ2) is 6.63. The van der Waals surface area contributed by atoms with E-state index in [9.17, 15) is 4.79 Å². The van der Waals surface area contributed by atoms with E-state index in [-0.39, 0.29) is 5.91 Å². The normalized spacial score (nSPS) is 10.4. The average Bonchev–Trinajstić information content (AvgIpc) is 2.94. The van der Waals surface area contributed by atoms with Gasteiger partial charge in [0.1, 0.15) is 5.01 Å². The maximum atomic E-state index is 11.9. The van der Waals surface area contributed by atoms with Crippen LogP contribution in [0.5, 0.6) is 0 Å². The van der Waals surface area contributed by atoms with Crippen LogP contribution in [0.3, 0.4) is 0 Å². The molecule has 2 rings (SSSR count). The molecule has 2 aromatic heterocycles. The van der Waals surface area contributed by atoms with E-state index in [0.717, 1.165) is 16.3 Å². The maximum Gasteiger partial charge on any atom is 0.229 e. The van der Waals surface area contributed by atoms with E-state index in [1.54, 1.807) is 36.1 Å². The van der Waals surface area contributed by atoms with E-state index in [4.69, 9.17) is 0 Å². The van der Waals surface area contributed by atoms with E-state index in [2.05, 4.69) is 15.2 Å². The monoisotopic (exact) mass is 294 g/mol. The molecule has 0 aliphatic rings. The second-order valence-electron chi connectivity index (χ2n) is 3.82. The molecule has 0 aromatic carbocycles. The van der Waals surface area contributed by atoms with Crippen molar-refractivity contribution in [1.29, 1.82) is 0 Å². The van der Waals surface area contributed by atoms with E-state index in [0.29, 0.717) is 11.6 Å². The highest BCUT2D eigenvalue weighted by atomic mass is 32.2. The van der Waals surface area contributed by atoms with Crippen LogP contribution >= 0.6 is 23.1 Å². The Morgan fingerprint density at radius 1 is 1.37 bits per heavy atom. The lowest BCUT2D eigenvalue weighted by atomic mass is 10.3. The number of pyridine rings is 1. The van der Waals surface area contributed by atoms with Crippen molar-refractivity contribution in [3.63, 3.8) is 0 Å². The number of carbonyl (C=O) groups is 1. The fraction of sp³-hybridized carbons (Fsp3) is 0.333. The third-order valence-corrected chi connectivity index (χ3v) is 4.18. The fourth-order valence-corrected chi connectivity index (χ4v) is 2.63. The molecule has 2 aromatic rings. The summed E-state index contributed by atoms with van der Waals surface area (Å²) < 4.78 is 0. The smallest absolute Gasteiger partial charge is 0.229 e. The Balaban J connectivity index is 2.11.